The third-order valence-electron chi connectivity index (χ3n) is 3.17. The number of aliphatic hydroxyl groups is 1. The van der Waals surface area contributed by atoms with E-state index in [1.165, 1.54) is 0 Å². The molecule has 3 nitrogen and oxygen atoms in total. The van der Waals surface area contributed by atoms with Gasteiger partial charge in [-0.1, -0.05) is 22.0 Å². The molecule has 1 aliphatic heterocycles. The van der Waals surface area contributed by atoms with Crippen LogP contribution in [-0.2, 0) is 0 Å². The molecule has 1 aromatic carbocycles. The van der Waals surface area contributed by atoms with Crippen molar-refractivity contribution in [3.63, 3.8) is 0 Å². The van der Waals surface area contributed by atoms with E-state index < -0.39 is 0 Å². The number of likely N-dealkylation sites (tertiary alicyclic amines) is 1. The number of carbonyl (C=O) groups is 1. The zero-order chi connectivity index (χ0) is 12.3. The second-order valence-electron chi connectivity index (χ2n) is 4.34. The van der Waals surface area contributed by atoms with Crippen molar-refractivity contribution in [1.29, 1.82) is 0 Å². The first kappa shape index (κ1) is 12.6. The van der Waals surface area contributed by atoms with Crippen molar-refractivity contribution >= 4 is 21.8 Å². The summed E-state index contributed by atoms with van der Waals surface area (Å²) in [6.45, 7) is 0.802. The normalized spacial score (nSPS) is 20.4. The highest BCUT2D eigenvalue weighted by Crippen LogP contribution is 2.20. The van der Waals surface area contributed by atoms with Gasteiger partial charge in [0.25, 0.3) is 5.91 Å². The van der Waals surface area contributed by atoms with Gasteiger partial charge < -0.3 is 10.0 Å². The van der Waals surface area contributed by atoms with Crippen molar-refractivity contribution in [3.8, 4) is 0 Å². The van der Waals surface area contributed by atoms with Crippen molar-refractivity contribution < 1.29 is 9.90 Å². The molecule has 0 saturated carbocycles. The van der Waals surface area contributed by atoms with Crippen LogP contribution in [0.25, 0.3) is 0 Å². The van der Waals surface area contributed by atoms with Gasteiger partial charge in [0.2, 0.25) is 0 Å². The molecular weight excluding hydrogens is 282 g/mol. The lowest BCUT2D eigenvalue weighted by Crippen LogP contribution is -2.45. The summed E-state index contributed by atoms with van der Waals surface area (Å²) in [4.78, 5) is 14.1. The number of hydrogen-bond acceptors (Lipinski definition) is 2. The molecule has 1 aromatic rings. The number of aliphatic hydroxyl groups excluding tert-OH is 1. The lowest BCUT2D eigenvalue weighted by atomic mass is 10.0. The Hall–Kier alpha value is -0.870. The van der Waals surface area contributed by atoms with E-state index in [0.717, 1.165) is 30.3 Å². The van der Waals surface area contributed by atoms with E-state index >= 15 is 0 Å². The third-order valence-corrected chi connectivity index (χ3v) is 3.66. The molecule has 92 valence electrons. The molecular formula is C13H16BrNO2. The van der Waals surface area contributed by atoms with E-state index in [9.17, 15) is 9.90 Å². The Morgan fingerprint density at radius 2 is 2.29 bits per heavy atom. The molecule has 1 N–H and O–H groups in total. The maximum Gasteiger partial charge on any atom is 0.254 e. The van der Waals surface area contributed by atoms with E-state index in [2.05, 4.69) is 15.9 Å². The molecule has 0 spiro atoms. The molecule has 1 unspecified atom stereocenters. The number of benzene rings is 1. The maximum atomic E-state index is 12.3. The van der Waals surface area contributed by atoms with Crippen LogP contribution in [0, 0.1) is 0 Å². The summed E-state index contributed by atoms with van der Waals surface area (Å²) < 4.78 is 0.904. The molecule has 1 aliphatic rings. The number of hydrogen-bond donors (Lipinski definition) is 1. The molecule has 0 radical (unpaired) electrons. The lowest BCUT2D eigenvalue weighted by molar-refractivity contribution is 0.0503. The summed E-state index contributed by atoms with van der Waals surface area (Å²) in [5.41, 5.74) is 0.680. The van der Waals surface area contributed by atoms with Crippen molar-refractivity contribution in [2.45, 2.75) is 25.3 Å². The van der Waals surface area contributed by atoms with Crippen LogP contribution >= 0.6 is 15.9 Å². The Morgan fingerprint density at radius 3 is 3.00 bits per heavy atom. The molecule has 1 fully saturated rings. The summed E-state index contributed by atoms with van der Waals surface area (Å²) in [5, 5.41) is 9.31. The van der Waals surface area contributed by atoms with Gasteiger partial charge in [-0.3, -0.25) is 4.79 Å². The number of nitrogens with zero attached hydrogens (tertiary/aromatic N) is 1. The highest BCUT2D eigenvalue weighted by Gasteiger charge is 2.26. The van der Waals surface area contributed by atoms with E-state index in [1.807, 2.05) is 24.3 Å². The van der Waals surface area contributed by atoms with Crippen LogP contribution < -0.4 is 0 Å². The average Bonchev–Trinajstić information content (AvgIpc) is 2.38. The molecule has 1 saturated heterocycles. The average molecular weight is 298 g/mol. The van der Waals surface area contributed by atoms with Gasteiger partial charge in [0.1, 0.15) is 0 Å². The minimum absolute atomic E-state index is 0.0183. The fourth-order valence-corrected chi connectivity index (χ4v) is 2.64. The summed E-state index contributed by atoms with van der Waals surface area (Å²) in [6.07, 6.45) is 3.01. The van der Waals surface area contributed by atoms with Crippen LogP contribution in [-0.4, -0.2) is 35.1 Å². The molecule has 4 heteroatoms. The summed E-state index contributed by atoms with van der Waals surface area (Å²) in [7, 11) is 0. The Bertz CT molecular complexity index is 408. The second kappa shape index (κ2) is 5.65. The SMILES string of the molecule is O=C(c1cccc(Br)c1)N1CCCCC1CO. The Morgan fingerprint density at radius 1 is 1.47 bits per heavy atom. The first-order valence-electron chi connectivity index (χ1n) is 5.90. The van der Waals surface area contributed by atoms with Crippen molar-refractivity contribution in [3.05, 3.63) is 34.3 Å². The zero-order valence-corrected chi connectivity index (χ0v) is 11.2. The summed E-state index contributed by atoms with van der Waals surface area (Å²) in [5.74, 6) is 0.0186. The Labute approximate surface area is 110 Å². The van der Waals surface area contributed by atoms with Gasteiger partial charge in [0, 0.05) is 16.6 Å². The molecule has 17 heavy (non-hydrogen) atoms. The first-order chi connectivity index (χ1) is 8.22. The zero-order valence-electron chi connectivity index (χ0n) is 9.60. The van der Waals surface area contributed by atoms with Gasteiger partial charge in [-0.05, 0) is 37.5 Å². The predicted molar refractivity (Wildman–Crippen MR) is 69.9 cm³/mol. The van der Waals surface area contributed by atoms with E-state index in [4.69, 9.17) is 0 Å². The van der Waals surface area contributed by atoms with Crippen LogP contribution in [0.2, 0.25) is 0 Å². The topological polar surface area (TPSA) is 40.5 Å². The highest BCUT2D eigenvalue weighted by molar-refractivity contribution is 9.10. The highest BCUT2D eigenvalue weighted by atomic mass is 79.9. The number of piperidine rings is 1. The first-order valence-corrected chi connectivity index (χ1v) is 6.69. The van der Waals surface area contributed by atoms with Crippen LogP contribution in [0.4, 0.5) is 0 Å². The quantitative estimate of drug-likeness (QED) is 0.911. The lowest BCUT2D eigenvalue weighted by Gasteiger charge is -2.34. The fourth-order valence-electron chi connectivity index (χ4n) is 2.25. The largest absolute Gasteiger partial charge is 0.394 e. The van der Waals surface area contributed by atoms with Gasteiger partial charge in [-0.25, -0.2) is 0 Å². The number of halogens is 1. The molecule has 1 amide bonds. The molecule has 0 aromatic heterocycles. The molecule has 0 bridgehead atoms. The maximum absolute atomic E-state index is 12.3. The Kier molecular flexibility index (Phi) is 4.18. The second-order valence-corrected chi connectivity index (χ2v) is 5.26. The number of amides is 1. The number of rotatable bonds is 2. The van der Waals surface area contributed by atoms with Crippen LogP contribution in [0.5, 0.6) is 0 Å². The molecule has 0 aliphatic carbocycles. The van der Waals surface area contributed by atoms with Gasteiger partial charge in [-0.15, -0.1) is 0 Å². The van der Waals surface area contributed by atoms with Crippen molar-refractivity contribution in [2.24, 2.45) is 0 Å². The number of carbonyl (C=O) groups excluding carboxylic acids is 1. The fraction of sp³-hybridized carbons (Fsp3) is 0.462. The van der Waals surface area contributed by atoms with Gasteiger partial charge in [0.05, 0.1) is 12.6 Å². The Balaban J connectivity index is 2.18. The standard InChI is InChI=1S/C13H16BrNO2/c14-11-5-3-4-10(8-11)13(17)15-7-2-1-6-12(15)9-16/h3-5,8,12,16H,1-2,6-7,9H2. The molecule has 1 atom stereocenters. The van der Waals surface area contributed by atoms with Gasteiger partial charge in [0.15, 0.2) is 0 Å². The van der Waals surface area contributed by atoms with Gasteiger partial charge >= 0.3 is 0 Å². The minimum Gasteiger partial charge on any atom is -0.394 e. The van der Waals surface area contributed by atoms with E-state index in [-0.39, 0.29) is 18.6 Å². The summed E-state index contributed by atoms with van der Waals surface area (Å²) >= 11 is 3.37. The smallest absolute Gasteiger partial charge is 0.254 e. The van der Waals surface area contributed by atoms with E-state index in [1.54, 1.807) is 4.90 Å². The van der Waals surface area contributed by atoms with Crippen LogP contribution in [0.15, 0.2) is 28.7 Å². The van der Waals surface area contributed by atoms with Crippen LogP contribution in [0.3, 0.4) is 0 Å². The summed E-state index contributed by atoms with van der Waals surface area (Å²) in [6, 6.07) is 7.38. The van der Waals surface area contributed by atoms with Crippen molar-refractivity contribution in [1.82, 2.24) is 4.90 Å². The van der Waals surface area contributed by atoms with E-state index in [0.29, 0.717) is 5.56 Å². The minimum atomic E-state index is -0.0183. The monoisotopic (exact) mass is 297 g/mol. The van der Waals surface area contributed by atoms with Gasteiger partial charge in [-0.2, -0.15) is 0 Å². The van der Waals surface area contributed by atoms with Crippen molar-refractivity contribution in [2.75, 3.05) is 13.2 Å². The third kappa shape index (κ3) is 2.87. The molecule has 2 rings (SSSR count). The molecule has 1 heterocycles. The predicted octanol–water partition coefficient (Wildman–Crippen LogP) is 2.44. The van der Waals surface area contributed by atoms with Crippen LogP contribution in [0.1, 0.15) is 29.6 Å².